The fourth-order valence-corrected chi connectivity index (χ4v) is 4.37. The summed E-state index contributed by atoms with van der Waals surface area (Å²) in [6.07, 6.45) is 1.36. The Labute approximate surface area is 170 Å². The van der Waals surface area contributed by atoms with Gasteiger partial charge in [0.15, 0.2) is 0 Å². The monoisotopic (exact) mass is 396 g/mol. The third-order valence-corrected chi connectivity index (χ3v) is 6.33. The Morgan fingerprint density at radius 2 is 1.55 bits per heavy atom. The fourth-order valence-electron chi connectivity index (χ4n) is 4.37. The van der Waals surface area contributed by atoms with E-state index in [1.54, 1.807) is 16.5 Å². The first-order chi connectivity index (χ1) is 14.0. The summed E-state index contributed by atoms with van der Waals surface area (Å²) in [5, 5.41) is 0.787. The number of carbonyl (C=O) groups excluding carboxylic acids is 2. The summed E-state index contributed by atoms with van der Waals surface area (Å²) in [6.45, 7) is 4.50. The van der Waals surface area contributed by atoms with Crippen LogP contribution in [0.25, 0.3) is 10.9 Å². The highest BCUT2D eigenvalue weighted by molar-refractivity contribution is 6.06. The number of piperidine rings is 1. The summed E-state index contributed by atoms with van der Waals surface area (Å²) < 4.78 is 1.56. The Hall–Kier alpha value is -2.67. The van der Waals surface area contributed by atoms with E-state index in [0.717, 1.165) is 37.1 Å². The minimum absolute atomic E-state index is 0.0113. The number of amides is 2. The van der Waals surface area contributed by atoms with Crippen molar-refractivity contribution in [1.29, 1.82) is 0 Å². The molecule has 154 valence electrons. The number of hydrogen-bond acceptors (Lipinski definition) is 4. The number of piperazine rings is 1. The maximum atomic E-state index is 13.2. The van der Waals surface area contributed by atoms with Gasteiger partial charge in [0.25, 0.3) is 11.5 Å². The molecular weight excluding hydrogens is 368 g/mol. The van der Waals surface area contributed by atoms with Gasteiger partial charge in [-0.05, 0) is 26.0 Å². The van der Waals surface area contributed by atoms with Crippen LogP contribution >= 0.6 is 0 Å². The zero-order valence-corrected chi connectivity index (χ0v) is 17.1. The second kappa shape index (κ2) is 7.99. The van der Waals surface area contributed by atoms with Gasteiger partial charge in [-0.2, -0.15) is 0 Å². The van der Waals surface area contributed by atoms with Crippen LogP contribution in [0.3, 0.4) is 0 Å². The molecule has 7 nitrogen and oxygen atoms in total. The van der Waals surface area contributed by atoms with E-state index >= 15 is 0 Å². The molecule has 0 saturated carbocycles. The van der Waals surface area contributed by atoms with Gasteiger partial charge in [0.05, 0.1) is 11.1 Å². The lowest BCUT2D eigenvalue weighted by atomic mass is 9.94. The average Bonchev–Trinajstić information content (AvgIpc) is 2.76. The molecule has 1 aromatic carbocycles. The number of carbonyl (C=O) groups is 2. The predicted molar refractivity (Wildman–Crippen MR) is 112 cm³/mol. The van der Waals surface area contributed by atoms with Gasteiger partial charge >= 0.3 is 0 Å². The SMILES string of the molecule is CN1CCN(C(=O)C2CCN(C(=O)c3cc(=O)n(C)c4ccccc34)CC2)CC1. The van der Waals surface area contributed by atoms with Crippen molar-refractivity contribution in [3.63, 3.8) is 0 Å². The van der Waals surface area contributed by atoms with Crippen LogP contribution in [0.4, 0.5) is 0 Å². The highest BCUT2D eigenvalue weighted by Crippen LogP contribution is 2.24. The molecule has 0 atom stereocenters. The largest absolute Gasteiger partial charge is 0.340 e. The predicted octanol–water partition coefficient (Wildman–Crippen LogP) is 1.16. The minimum Gasteiger partial charge on any atom is -0.340 e. The van der Waals surface area contributed by atoms with Gasteiger partial charge in [0, 0.05) is 63.7 Å². The van der Waals surface area contributed by atoms with E-state index in [1.165, 1.54) is 6.07 Å². The normalized spacial score (nSPS) is 19.0. The number of rotatable bonds is 2. The molecule has 4 rings (SSSR count). The number of likely N-dealkylation sites (tertiary alicyclic amines) is 1. The van der Waals surface area contributed by atoms with Crippen molar-refractivity contribution >= 4 is 22.7 Å². The molecule has 0 unspecified atom stereocenters. The van der Waals surface area contributed by atoms with E-state index in [9.17, 15) is 14.4 Å². The summed E-state index contributed by atoms with van der Waals surface area (Å²) in [4.78, 5) is 44.3. The standard InChI is InChI=1S/C22H28N4O3/c1-23-11-13-26(14-12-23)21(28)16-7-9-25(10-8-16)22(29)18-15-20(27)24(2)19-6-4-3-5-17(18)19/h3-6,15-16H,7-14H2,1-2H3. The molecule has 3 heterocycles. The summed E-state index contributed by atoms with van der Waals surface area (Å²) >= 11 is 0. The molecule has 2 aromatic rings. The van der Waals surface area contributed by atoms with E-state index < -0.39 is 0 Å². The van der Waals surface area contributed by atoms with Crippen molar-refractivity contribution in [2.24, 2.45) is 13.0 Å². The number of aryl methyl sites for hydroxylation is 1. The highest BCUT2D eigenvalue weighted by Gasteiger charge is 2.32. The number of benzene rings is 1. The van der Waals surface area contributed by atoms with Gasteiger partial charge < -0.3 is 19.3 Å². The van der Waals surface area contributed by atoms with Crippen molar-refractivity contribution in [3.8, 4) is 0 Å². The van der Waals surface area contributed by atoms with E-state index in [1.807, 2.05) is 29.2 Å². The van der Waals surface area contributed by atoms with Crippen molar-refractivity contribution in [3.05, 3.63) is 46.2 Å². The van der Waals surface area contributed by atoms with Crippen LogP contribution in [0, 0.1) is 5.92 Å². The Morgan fingerprint density at radius 1 is 0.897 bits per heavy atom. The third kappa shape index (κ3) is 3.79. The number of nitrogens with zero attached hydrogens (tertiary/aromatic N) is 4. The van der Waals surface area contributed by atoms with Crippen molar-refractivity contribution in [2.75, 3.05) is 46.3 Å². The molecule has 0 aliphatic carbocycles. The minimum atomic E-state index is -0.188. The summed E-state index contributed by atoms with van der Waals surface area (Å²) in [5.74, 6) is 0.0940. The van der Waals surface area contributed by atoms with Crippen molar-refractivity contribution in [2.45, 2.75) is 12.8 Å². The molecule has 7 heteroatoms. The number of hydrogen-bond donors (Lipinski definition) is 0. The van der Waals surface area contributed by atoms with Gasteiger partial charge in [-0.25, -0.2) is 0 Å². The smallest absolute Gasteiger partial charge is 0.254 e. The molecule has 0 bridgehead atoms. The molecule has 2 saturated heterocycles. The van der Waals surface area contributed by atoms with Crippen LogP contribution in [-0.4, -0.2) is 77.4 Å². The van der Waals surface area contributed by atoms with Gasteiger partial charge in [0.1, 0.15) is 0 Å². The number of para-hydroxylation sites is 1. The summed E-state index contributed by atoms with van der Waals surface area (Å²) in [7, 11) is 3.79. The quantitative estimate of drug-likeness (QED) is 0.764. The van der Waals surface area contributed by atoms with Gasteiger partial charge in [0.2, 0.25) is 5.91 Å². The molecule has 2 aliphatic heterocycles. The summed E-state index contributed by atoms with van der Waals surface area (Å²) in [5.41, 5.74) is 1.02. The van der Waals surface area contributed by atoms with Crippen LogP contribution in [0.5, 0.6) is 0 Å². The first-order valence-corrected chi connectivity index (χ1v) is 10.3. The van der Waals surface area contributed by atoms with Crippen LogP contribution in [0.2, 0.25) is 0 Å². The number of fused-ring (bicyclic) bond motifs is 1. The third-order valence-electron chi connectivity index (χ3n) is 6.33. The number of pyridine rings is 1. The van der Waals surface area contributed by atoms with Crippen molar-refractivity contribution in [1.82, 2.24) is 19.3 Å². The first kappa shape index (κ1) is 19.6. The lowest BCUT2D eigenvalue weighted by Gasteiger charge is -2.37. The van der Waals surface area contributed by atoms with Gasteiger partial charge in [-0.1, -0.05) is 18.2 Å². The van der Waals surface area contributed by atoms with Crippen LogP contribution < -0.4 is 5.56 Å². The Balaban J connectivity index is 1.46. The molecule has 1 aromatic heterocycles. The molecular formula is C22H28N4O3. The van der Waals surface area contributed by atoms with Crippen LogP contribution in [-0.2, 0) is 11.8 Å². The van der Waals surface area contributed by atoms with Gasteiger partial charge in [-0.15, -0.1) is 0 Å². The highest BCUT2D eigenvalue weighted by atomic mass is 16.2. The lowest BCUT2D eigenvalue weighted by Crippen LogP contribution is -2.51. The average molecular weight is 396 g/mol. The Bertz CT molecular complexity index is 983. The molecule has 29 heavy (non-hydrogen) atoms. The summed E-state index contributed by atoms with van der Waals surface area (Å²) in [6, 6.07) is 8.92. The van der Waals surface area contributed by atoms with E-state index in [-0.39, 0.29) is 23.3 Å². The van der Waals surface area contributed by atoms with E-state index in [4.69, 9.17) is 0 Å². The topological polar surface area (TPSA) is 65.9 Å². The Kier molecular flexibility index (Phi) is 5.41. The van der Waals surface area contributed by atoms with E-state index in [0.29, 0.717) is 31.5 Å². The zero-order valence-electron chi connectivity index (χ0n) is 17.1. The number of aromatic nitrogens is 1. The second-order valence-corrected chi connectivity index (χ2v) is 8.17. The van der Waals surface area contributed by atoms with Crippen molar-refractivity contribution < 1.29 is 9.59 Å². The fraction of sp³-hybridized carbons (Fsp3) is 0.500. The Morgan fingerprint density at radius 3 is 2.24 bits per heavy atom. The number of likely N-dealkylation sites (N-methyl/N-ethyl adjacent to an activating group) is 1. The lowest BCUT2D eigenvalue weighted by molar-refractivity contribution is -0.138. The maximum absolute atomic E-state index is 13.2. The zero-order chi connectivity index (χ0) is 20.5. The van der Waals surface area contributed by atoms with E-state index in [2.05, 4.69) is 11.9 Å². The molecule has 2 amide bonds. The molecule has 0 spiro atoms. The van der Waals surface area contributed by atoms with Gasteiger partial charge in [-0.3, -0.25) is 14.4 Å². The second-order valence-electron chi connectivity index (χ2n) is 8.17. The first-order valence-electron chi connectivity index (χ1n) is 10.3. The molecule has 0 N–H and O–H groups in total. The molecule has 2 fully saturated rings. The molecule has 0 radical (unpaired) electrons. The van der Waals surface area contributed by atoms with Crippen LogP contribution in [0.1, 0.15) is 23.2 Å². The maximum Gasteiger partial charge on any atom is 0.254 e. The van der Waals surface area contributed by atoms with Crippen LogP contribution in [0.15, 0.2) is 35.1 Å². The molecule has 2 aliphatic rings.